The molecule has 8 nitrogen and oxygen atoms in total. The number of piperidine rings is 1. The van der Waals surface area contributed by atoms with Gasteiger partial charge in [-0.15, -0.1) is 0 Å². The van der Waals surface area contributed by atoms with Crippen LogP contribution < -0.4 is 11.1 Å². The Labute approximate surface area is 242 Å². The van der Waals surface area contributed by atoms with Gasteiger partial charge >= 0.3 is 0 Å². The molecular formula is C33H42N4O4. The molecule has 2 amide bonds. The second-order valence-electron chi connectivity index (χ2n) is 11.3. The Hall–Kier alpha value is -3.62. The minimum atomic E-state index is -0.252. The van der Waals surface area contributed by atoms with Gasteiger partial charge in [0.2, 0.25) is 5.91 Å². The van der Waals surface area contributed by atoms with E-state index in [0.717, 1.165) is 51.1 Å². The molecule has 2 unspecified atom stereocenters. The van der Waals surface area contributed by atoms with Gasteiger partial charge in [0.1, 0.15) is 6.26 Å². The van der Waals surface area contributed by atoms with E-state index < -0.39 is 0 Å². The Balaban J connectivity index is 1.17. The number of aromatic nitrogens is 1. The number of carbonyl (C=O) groups excluding carboxylic acids is 2. The molecular weight excluding hydrogens is 516 g/mol. The van der Waals surface area contributed by atoms with Crippen LogP contribution in [0.3, 0.4) is 0 Å². The van der Waals surface area contributed by atoms with Gasteiger partial charge < -0.3 is 29.7 Å². The summed E-state index contributed by atoms with van der Waals surface area (Å²) in [5, 5.41) is 4.28. The van der Waals surface area contributed by atoms with E-state index in [2.05, 4.69) is 47.1 Å². The van der Waals surface area contributed by atoms with Crippen molar-refractivity contribution in [3.63, 3.8) is 0 Å². The van der Waals surface area contributed by atoms with Crippen LogP contribution in [0, 0.1) is 6.92 Å². The van der Waals surface area contributed by atoms with Gasteiger partial charge in [-0.2, -0.15) is 0 Å². The Morgan fingerprint density at radius 1 is 1.24 bits per heavy atom. The summed E-state index contributed by atoms with van der Waals surface area (Å²) in [6.45, 7) is 5.37. The van der Waals surface area contributed by atoms with Gasteiger partial charge in [-0.3, -0.25) is 9.59 Å². The fraction of sp³-hybridized carbons (Fsp3) is 0.455. The second-order valence-corrected chi connectivity index (χ2v) is 11.3. The van der Waals surface area contributed by atoms with E-state index in [0.29, 0.717) is 30.7 Å². The van der Waals surface area contributed by atoms with Crippen molar-refractivity contribution in [2.45, 2.75) is 70.0 Å². The van der Waals surface area contributed by atoms with Crippen LogP contribution in [0.2, 0.25) is 0 Å². The second kappa shape index (κ2) is 13.4. The maximum atomic E-state index is 13.4. The largest absolute Gasteiger partial charge is 0.472 e. The number of ether oxygens (including phenoxy) is 1. The summed E-state index contributed by atoms with van der Waals surface area (Å²) < 4.78 is 12.8. The van der Waals surface area contributed by atoms with Crippen LogP contribution >= 0.6 is 0 Å². The molecule has 3 N–H and O–H groups in total. The SMILES string of the molecule is COCCCn1c(C2CCCN(C(=O)C[C@H](N)CC3=CCC(NC(=O)c4ccoc4)C=C3)C2)c(C)c2ccccc21. The number of para-hydroxylation sites is 1. The number of aryl methyl sites for hydroxylation is 2. The zero-order valence-electron chi connectivity index (χ0n) is 24.2. The molecule has 1 fully saturated rings. The summed E-state index contributed by atoms with van der Waals surface area (Å²) in [6, 6.07) is 9.93. The van der Waals surface area contributed by atoms with Crippen molar-refractivity contribution in [2.24, 2.45) is 5.73 Å². The molecule has 41 heavy (non-hydrogen) atoms. The summed E-state index contributed by atoms with van der Waals surface area (Å²) in [7, 11) is 1.75. The van der Waals surface area contributed by atoms with Gasteiger partial charge in [-0.1, -0.05) is 42.0 Å². The number of amides is 2. The summed E-state index contributed by atoms with van der Waals surface area (Å²) in [5.41, 5.74) is 12.0. The monoisotopic (exact) mass is 558 g/mol. The number of allylic oxidation sites excluding steroid dienone is 1. The fourth-order valence-corrected chi connectivity index (χ4v) is 6.35. The predicted molar refractivity (Wildman–Crippen MR) is 161 cm³/mol. The van der Waals surface area contributed by atoms with Gasteiger partial charge in [0, 0.05) is 68.3 Å². The first-order valence-electron chi connectivity index (χ1n) is 14.7. The molecule has 1 aliphatic carbocycles. The molecule has 1 saturated heterocycles. The normalized spacial score (nSPS) is 19.8. The lowest BCUT2D eigenvalue weighted by molar-refractivity contribution is -0.132. The first-order valence-corrected chi connectivity index (χ1v) is 14.7. The van der Waals surface area contributed by atoms with Crippen molar-refractivity contribution in [1.29, 1.82) is 0 Å². The van der Waals surface area contributed by atoms with Crippen molar-refractivity contribution in [3.8, 4) is 0 Å². The van der Waals surface area contributed by atoms with E-state index >= 15 is 0 Å². The van der Waals surface area contributed by atoms with Crippen LogP contribution in [-0.4, -0.2) is 60.2 Å². The molecule has 3 aromatic rings. The zero-order chi connectivity index (χ0) is 28.8. The molecule has 1 aromatic carbocycles. The van der Waals surface area contributed by atoms with Crippen molar-refractivity contribution < 1.29 is 18.7 Å². The Morgan fingerprint density at radius 3 is 2.85 bits per heavy atom. The summed E-state index contributed by atoms with van der Waals surface area (Å²) >= 11 is 0. The van der Waals surface area contributed by atoms with Crippen LogP contribution in [0.15, 0.2) is 71.1 Å². The van der Waals surface area contributed by atoms with Crippen LogP contribution in [0.4, 0.5) is 0 Å². The van der Waals surface area contributed by atoms with Crippen LogP contribution in [0.5, 0.6) is 0 Å². The molecule has 1 aliphatic heterocycles. The van der Waals surface area contributed by atoms with E-state index in [1.807, 2.05) is 17.1 Å². The van der Waals surface area contributed by atoms with E-state index in [1.165, 1.54) is 34.7 Å². The Kier molecular flexibility index (Phi) is 9.42. The molecule has 218 valence electrons. The quantitative estimate of drug-likeness (QED) is 0.320. The molecule has 8 heteroatoms. The highest BCUT2D eigenvalue weighted by Crippen LogP contribution is 2.36. The number of methoxy groups -OCH3 is 1. The number of carbonyl (C=O) groups is 2. The predicted octanol–water partition coefficient (Wildman–Crippen LogP) is 5.08. The Bertz CT molecular complexity index is 1400. The van der Waals surface area contributed by atoms with Crippen molar-refractivity contribution in [2.75, 3.05) is 26.8 Å². The highest BCUT2D eigenvalue weighted by atomic mass is 16.5. The van der Waals surface area contributed by atoms with Gasteiger partial charge in [0.15, 0.2) is 0 Å². The number of hydrogen-bond donors (Lipinski definition) is 2. The van der Waals surface area contributed by atoms with Crippen molar-refractivity contribution >= 4 is 22.7 Å². The van der Waals surface area contributed by atoms with Crippen LogP contribution in [-0.2, 0) is 16.1 Å². The highest BCUT2D eigenvalue weighted by Gasteiger charge is 2.30. The van der Waals surface area contributed by atoms with E-state index in [4.69, 9.17) is 14.9 Å². The molecule has 0 saturated carbocycles. The number of rotatable bonds is 11. The first-order chi connectivity index (χ1) is 19.9. The topological polar surface area (TPSA) is 103 Å². The molecule has 0 radical (unpaired) electrons. The zero-order valence-corrected chi connectivity index (χ0v) is 24.2. The Morgan fingerprint density at radius 2 is 2.10 bits per heavy atom. The smallest absolute Gasteiger partial charge is 0.255 e. The number of nitrogens with one attached hydrogen (secondary N) is 1. The van der Waals surface area contributed by atoms with Crippen molar-refractivity contribution in [1.82, 2.24) is 14.8 Å². The van der Waals surface area contributed by atoms with E-state index in [-0.39, 0.29) is 23.9 Å². The third kappa shape index (κ3) is 6.82. The lowest BCUT2D eigenvalue weighted by Gasteiger charge is -2.34. The number of likely N-dealkylation sites (tertiary alicyclic amines) is 1. The summed E-state index contributed by atoms with van der Waals surface area (Å²) in [6.07, 6.45) is 13.7. The van der Waals surface area contributed by atoms with Gasteiger partial charge in [0.25, 0.3) is 5.91 Å². The van der Waals surface area contributed by atoms with Crippen LogP contribution in [0.1, 0.15) is 66.1 Å². The average Bonchev–Trinajstić information content (AvgIpc) is 3.62. The van der Waals surface area contributed by atoms with E-state index in [1.54, 1.807) is 13.2 Å². The maximum Gasteiger partial charge on any atom is 0.255 e. The molecule has 0 bridgehead atoms. The van der Waals surface area contributed by atoms with E-state index in [9.17, 15) is 9.59 Å². The molecule has 5 rings (SSSR count). The number of nitrogens with two attached hydrogens (primary N) is 1. The first kappa shape index (κ1) is 28.9. The number of nitrogens with zero attached hydrogens (tertiary/aromatic N) is 2. The molecule has 3 atom stereocenters. The number of fused-ring (bicyclic) bond motifs is 1. The minimum absolute atomic E-state index is 0.0714. The summed E-state index contributed by atoms with van der Waals surface area (Å²) in [4.78, 5) is 27.7. The fourth-order valence-electron chi connectivity index (χ4n) is 6.35. The lowest BCUT2D eigenvalue weighted by Crippen LogP contribution is -2.42. The molecule has 0 spiro atoms. The van der Waals surface area contributed by atoms with Gasteiger partial charge in [-0.25, -0.2) is 0 Å². The highest BCUT2D eigenvalue weighted by molar-refractivity contribution is 5.94. The lowest BCUT2D eigenvalue weighted by atomic mass is 9.91. The molecule has 2 aromatic heterocycles. The molecule has 2 aliphatic rings. The number of hydrogen-bond acceptors (Lipinski definition) is 5. The summed E-state index contributed by atoms with van der Waals surface area (Å²) in [5.74, 6) is 0.280. The maximum absolute atomic E-state index is 13.4. The van der Waals surface area contributed by atoms with Crippen LogP contribution in [0.25, 0.3) is 10.9 Å². The number of furan rings is 1. The average molecular weight is 559 g/mol. The van der Waals surface area contributed by atoms with Crippen molar-refractivity contribution in [3.05, 3.63) is 83.5 Å². The van der Waals surface area contributed by atoms with Gasteiger partial charge in [-0.05, 0) is 56.7 Å². The standard InChI is InChI=1S/C33H42N4O4/c1-23-29-8-3-4-9-30(29)37(16-6-17-40-2)32(23)25-7-5-15-36(21-25)31(38)20-27(34)19-24-10-12-28(13-11-24)35-33(39)26-14-18-41-22-26/h3-4,8-12,14,18,22,25,27-28H,5-7,13,15-17,19-21,34H2,1-2H3,(H,35,39)/t25?,27-,28?/m1/s1. The number of benzene rings is 1. The minimum Gasteiger partial charge on any atom is -0.472 e. The third-order valence-electron chi connectivity index (χ3n) is 8.38. The molecule has 3 heterocycles. The van der Waals surface area contributed by atoms with Gasteiger partial charge in [0.05, 0.1) is 17.9 Å². The third-order valence-corrected chi connectivity index (χ3v) is 8.38.